The van der Waals surface area contributed by atoms with Crippen LogP contribution in [0.5, 0.6) is 5.75 Å². The monoisotopic (exact) mass is 281 g/mol. The van der Waals surface area contributed by atoms with Gasteiger partial charge in [0.25, 0.3) is 5.91 Å². The minimum Gasteiger partial charge on any atom is -0.484 e. The maximum Gasteiger partial charge on any atom is 0.334 e. The fraction of sp³-hybridized carbons (Fsp3) is 0.429. The minimum absolute atomic E-state index is 0.0942. The lowest BCUT2D eigenvalue weighted by atomic mass is 10.2. The van der Waals surface area contributed by atoms with E-state index < -0.39 is 18.0 Å². The van der Waals surface area contributed by atoms with Gasteiger partial charge >= 0.3 is 5.97 Å². The van der Waals surface area contributed by atoms with E-state index in [1.807, 2.05) is 25.1 Å². The summed E-state index contributed by atoms with van der Waals surface area (Å²) >= 11 is 0. The van der Waals surface area contributed by atoms with Gasteiger partial charge in [-0.3, -0.25) is 4.79 Å². The second kappa shape index (κ2) is 8.16. The van der Waals surface area contributed by atoms with Gasteiger partial charge in [-0.1, -0.05) is 19.1 Å². The van der Waals surface area contributed by atoms with Crippen molar-refractivity contribution >= 4 is 11.9 Å². The second-order valence-corrected chi connectivity index (χ2v) is 4.16. The zero-order valence-electron chi connectivity index (χ0n) is 11.6. The molecule has 0 aliphatic rings. The van der Waals surface area contributed by atoms with Crippen LogP contribution in [0.2, 0.25) is 0 Å². The number of ether oxygens (including phenoxy) is 2. The van der Waals surface area contributed by atoms with E-state index in [-0.39, 0.29) is 13.2 Å². The highest BCUT2D eigenvalue weighted by Crippen LogP contribution is 2.13. The minimum atomic E-state index is -1.12. The third kappa shape index (κ3) is 5.27. The predicted molar refractivity (Wildman–Crippen MR) is 72.8 cm³/mol. The molecule has 1 aromatic carbocycles. The number of carbonyl (C=O) groups is 2. The molecule has 0 aromatic heterocycles. The van der Waals surface area contributed by atoms with E-state index in [4.69, 9.17) is 14.6 Å². The van der Waals surface area contributed by atoms with Crippen molar-refractivity contribution in [2.45, 2.75) is 19.4 Å². The Kier molecular flexibility index (Phi) is 6.52. The van der Waals surface area contributed by atoms with Crippen LogP contribution in [0, 0.1) is 0 Å². The van der Waals surface area contributed by atoms with Crippen molar-refractivity contribution in [2.24, 2.45) is 0 Å². The quantitative estimate of drug-likeness (QED) is 0.737. The van der Waals surface area contributed by atoms with Crippen LogP contribution in [-0.2, 0) is 20.7 Å². The lowest BCUT2D eigenvalue weighted by Crippen LogP contribution is -2.39. The van der Waals surface area contributed by atoms with Crippen molar-refractivity contribution in [3.8, 4) is 5.75 Å². The van der Waals surface area contributed by atoms with Gasteiger partial charge in [0.2, 0.25) is 0 Å². The fourth-order valence-corrected chi connectivity index (χ4v) is 1.53. The Morgan fingerprint density at radius 1 is 1.40 bits per heavy atom. The molecule has 1 unspecified atom stereocenters. The lowest BCUT2D eigenvalue weighted by molar-refractivity contribution is -0.148. The first-order chi connectivity index (χ1) is 9.56. The third-order valence-corrected chi connectivity index (χ3v) is 2.72. The molecular formula is C14H19NO5. The number of methoxy groups -OCH3 is 1. The first-order valence-corrected chi connectivity index (χ1v) is 6.30. The molecule has 1 aromatic rings. The Balaban J connectivity index is 2.37. The van der Waals surface area contributed by atoms with Crippen molar-refractivity contribution < 1.29 is 24.2 Å². The molecule has 0 fully saturated rings. The van der Waals surface area contributed by atoms with Gasteiger partial charge in [-0.2, -0.15) is 0 Å². The molecule has 0 aliphatic carbocycles. The van der Waals surface area contributed by atoms with Gasteiger partial charge in [-0.25, -0.2) is 4.79 Å². The number of aliphatic carboxylic acids is 1. The van der Waals surface area contributed by atoms with E-state index in [0.717, 1.165) is 12.0 Å². The molecule has 0 aliphatic heterocycles. The van der Waals surface area contributed by atoms with Crippen LogP contribution >= 0.6 is 0 Å². The maximum absolute atomic E-state index is 11.5. The highest BCUT2D eigenvalue weighted by molar-refractivity contribution is 5.79. The highest BCUT2D eigenvalue weighted by atomic mass is 16.5. The van der Waals surface area contributed by atoms with E-state index in [0.29, 0.717) is 5.75 Å². The van der Waals surface area contributed by atoms with Gasteiger partial charge < -0.3 is 19.9 Å². The van der Waals surface area contributed by atoms with Crippen LogP contribution in [0.3, 0.4) is 0 Å². The van der Waals surface area contributed by atoms with Crippen LogP contribution in [-0.4, -0.2) is 43.3 Å². The molecule has 1 amide bonds. The zero-order valence-corrected chi connectivity index (χ0v) is 11.6. The molecule has 6 nitrogen and oxygen atoms in total. The molecule has 0 spiro atoms. The van der Waals surface area contributed by atoms with Gasteiger partial charge in [-0.15, -0.1) is 0 Å². The van der Waals surface area contributed by atoms with Gasteiger partial charge in [0.15, 0.2) is 12.7 Å². The molecule has 20 heavy (non-hydrogen) atoms. The Labute approximate surface area is 117 Å². The first-order valence-electron chi connectivity index (χ1n) is 6.30. The summed E-state index contributed by atoms with van der Waals surface area (Å²) < 4.78 is 10.0. The summed E-state index contributed by atoms with van der Waals surface area (Å²) in [6.45, 7) is 1.77. The molecule has 1 atom stereocenters. The number of amides is 1. The summed E-state index contributed by atoms with van der Waals surface area (Å²) in [5, 5.41) is 11.2. The number of carboxylic acid groups (broad SMARTS) is 1. The number of carbonyl (C=O) groups excluding carboxylic acids is 1. The molecular weight excluding hydrogens is 262 g/mol. The second-order valence-electron chi connectivity index (χ2n) is 4.16. The average molecular weight is 281 g/mol. The Morgan fingerprint density at radius 2 is 2.15 bits per heavy atom. The van der Waals surface area contributed by atoms with Crippen molar-refractivity contribution in [2.75, 3.05) is 20.3 Å². The Hall–Kier alpha value is -2.08. The number of carboxylic acids is 1. The van der Waals surface area contributed by atoms with Gasteiger partial charge in [0.05, 0.1) is 6.54 Å². The number of hydrogen-bond acceptors (Lipinski definition) is 4. The van der Waals surface area contributed by atoms with Gasteiger partial charge in [0, 0.05) is 7.11 Å². The lowest BCUT2D eigenvalue weighted by Gasteiger charge is -2.12. The molecule has 110 valence electrons. The largest absolute Gasteiger partial charge is 0.484 e. The predicted octanol–water partition coefficient (Wildman–Crippen LogP) is 0.844. The van der Waals surface area contributed by atoms with Crippen molar-refractivity contribution in [3.63, 3.8) is 0 Å². The van der Waals surface area contributed by atoms with Gasteiger partial charge in [-0.05, 0) is 24.1 Å². The third-order valence-electron chi connectivity index (χ3n) is 2.72. The summed E-state index contributed by atoms with van der Waals surface area (Å²) in [5.74, 6) is -0.902. The first kappa shape index (κ1) is 16.0. The molecule has 0 radical (unpaired) electrons. The van der Waals surface area contributed by atoms with Crippen LogP contribution in [0.4, 0.5) is 0 Å². The summed E-state index contributed by atoms with van der Waals surface area (Å²) in [5.41, 5.74) is 1.12. The normalized spacial score (nSPS) is 11.7. The van der Waals surface area contributed by atoms with E-state index in [2.05, 4.69) is 5.32 Å². The van der Waals surface area contributed by atoms with Crippen molar-refractivity contribution in [1.82, 2.24) is 5.32 Å². The van der Waals surface area contributed by atoms with Gasteiger partial charge in [0.1, 0.15) is 5.75 Å². The molecule has 0 saturated heterocycles. The van der Waals surface area contributed by atoms with E-state index in [1.54, 1.807) is 6.07 Å². The van der Waals surface area contributed by atoms with Crippen LogP contribution < -0.4 is 10.1 Å². The molecule has 0 saturated carbocycles. The fourth-order valence-electron chi connectivity index (χ4n) is 1.53. The highest BCUT2D eigenvalue weighted by Gasteiger charge is 2.17. The summed E-state index contributed by atoms with van der Waals surface area (Å²) in [4.78, 5) is 22.2. The summed E-state index contributed by atoms with van der Waals surface area (Å²) in [6.07, 6.45) is -0.167. The van der Waals surface area contributed by atoms with Crippen LogP contribution in [0.1, 0.15) is 12.5 Å². The van der Waals surface area contributed by atoms with Crippen molar-refractivity contribution in [3.05, 3.63) is 29.8 Å². The summed E-state index contributed by atoms with van der Waals surface area (Å²) in [6, 6.07) is 7.46. The number of rotatable bonds is 8. The standard InChI is InChI=1S/C14H19NO5/c1-3-10-5-4-6-11(7-10)20-9-13(16)15-8-12(19-2)14(17)18/h4-7,12H,3,8-9H2,1-2H3,(H,15,16)(H,17,18). The molecule has 0 heterocycles. The van der Waals surface area contributed by atoms with Crippen LogP contribution in [0.25, 0.3) is 0 Å². The van der Waals surface area contributed by atoms with E-state index >= 15 is 0 Å². The summed E-state index contributed by atoms with van der Waals surface area (Å²) in [7, 11) is 1.28. The number of benzene rings is 1. The van der Waals surface area contributed by atoms with E-state index in [1.165, 1.54) is 7.11 Å². The smallest absolute Gasteiger partial charge is 0.334 e. The maximum atomic E-state index is 11.5. The van der Waals surface area contributed by atoms with E-state index in [9.17, 15) is 9.59 Å². The molecule has 1 rings (SSSR count). The Morgan fingerprint density at radius 3 is 2.75 bits per heavy atom. The number of nitrogens with one attached hydrogen (secondary N) is 1. The molecule has 0 bridgehead atoms. The molecule has 2 N–H and O–H groups in total. The SMILES string of the molecule is CCc1cccc(OCC(=O)NCC(OC)C(=O)O)c1. The molecule has 6 heteroatoms. The number of aryl methyl sites for hydroxylation is 1. The van der Waals surface area contributed by atoms with Crippen molar-refractivity contribution in [1.29, 1.82) is 0 Å². The topological polar surface area (TPSA) is 84.9 Å². The zero-order chi connectivity index (χ0) is 15.0. The average Bonchev–Trinajstić information content (AvgIpc) is 2.45. The Bertz CT molecular complexity index is 461. The van der Waals surface area contributed by atoms with Crippen LogP contribution in [0.15, 0.2) is 24.3 Å². The number of hydrogen-bond donors (Lipinski definition) is 2.